The Kier molecular flexibility index (Phi) is 3.07. The van der Waals surface area contributed by atoms with Gasteiger partial charge in [-0.2, -0.15) is 0 Å². The van der Waals surface area contributed by atoms with Gasteiger partial charge in [-0.1, -0.05) is 0 Å². The Morgan fingerprint density at radius 1 is 1.33 bits per heavy atom. The van der Waals surface area contributed by atoms with Crippen molar-refractivity contribution in [2.24, 2.45) is 0 Å². The highest BCUT2D eigenvalue weighted by molar-refractivity contribution is 9.10. The number of amides is 1. The molecule has 1 aliphatic rings. The highest BCUT2D eigenvalue weighted by atomic mass is 79.9. The Balaban J connectivity index is 1.90. The van der Waals surface area contributed by atoms with Crippen molar-refractivity contribution in [3.63, 3.8) is 0 Å². The molecule has 94 valence electrons. The van der Waals surface area contributed by atoms with Gasteiger partial charge in [0, 0.05) is 23.6 Å². The summed E-state index contributed by atoms with van der Waals surface area (Å²) < 4.78 is 3.05. The zero-order valence-electron chi connectivity index (χ0n) is 9.97. The summed E-state index contributed by atoms with van der Waals surface area (Å²) in [5.41, 5.74) is 1.97. The number of carbonyl (C=O) groups excluding carboxylic acids is 1. The summed E-state index contributed by atoms with van der Waals surface area (Å²) in [6.07, 6.45) is 6.65. The van der Waals surface area contributed by atoms with Gasteiger partial charge in [-0.15, -0.1) is 0 Å². The number of nitrogens with zero attached hydrogens (tertiary/aromatic N) is 3. The molecule has 0 aliphatic carbocycles. The summed E-state index contributed by atoms with van der Waals surface area (Å²) in [5, 5.41) is 0. The van der Waals surface area contributed by atoms with Crippen LogP contribution in [0.1, 0.15) is 25.0 Å². The first-order valence-corrected chi connectivity index (χ1v) is 6.92. The minimum Gasteiger partial charge on any atom is -0.337 e. The second kappa shape index (κ2) is 4.72. The molecule has 0 N–H and O–H groups in total. The van der Waals surface area contributed by atoms with Crippen LogP contribution in [0.15, 0.2) is 29.0 Å². The summed E-state index contributed by atoms with van der Waals surface area (Å²) >= 11 is 3.46. The van der Waals surface area contributed by atoms with E-state index in [1.807, 2.05) is 33.8 Å². The fourth-order valence-electron chi connectivity index (χ4n) is 2.35. The second-order valence-corrected chi connectivity index (χ2v) is 5.51. The Bertz CT molecular complexity index is 593. The van der Waals surface area contributed by atoms with Gasteiger partial charge in [-0.25, -0.2) is 4.98 Å². The van der Waals surface area contributed by atoms with Crippen LogP contribution in [0.2, 0.25) is 0 Å². The Labute approximate surface area is 114 Å². The standard InChI is InChI=1S/C13H14BrN3O/c14-10-4-5-12-15-7-11(17(12)8-10)9-16-6-2-1-3-13(16)18/h4-5,7-8H,1-3,6,9H2. The molecule has 0 radical (unpaired) electrons. The molecule has 0 unspecified atom stereocenters. The summed E-state index contributed by atoms with van der Waals surface area (Å²) in [7, 11) is 0. The average molecular weight is 308 g/mol. The molecule has 1 fully saturated rings. The lowest BCUT2D eigenvalue weighted by atomic mass is 10.1. The van der Waals surface area contributed by atoms with Crippen LogP contribution < -0.4 is 0 Å². The monoisotopic (exact) mass is 307 g/mol. The van der Waals surface area contributed by atoms with Crippen LogP contribution in [-0.2, 0) is 11.3 Å². The number of halogens is 1. The summed E-state index contributed by atoms with van der Waals surface area (Å²) in [6, 6.07) is 3.93. The van der Waals surface area contributed by atoms with Crippen LogP contribution in [-0.4, -0.2) is 26.7 Å². The van der Waals surface area contributed by atoms with Crippen molar-refractivity contribution < 1.29 is 4.79 Å². The average Bonchev–Trinajstić information content (AvgIpc) is 2.75. The smallest absolute Gasteiger partial charge is 0.222 e. The molecule has 0 spiro atoms. The number of piperidine rings is 1. The van der Waals surface area contributed by atoms with Crippen LogP contribution in [0.4, 0.5) is 0 Å². The molecule has 4 nitrogen and oxygen atoms in total. The number of carbonyl (C=O) groups is 1. The third-order valence-electron chi connectivity index (χ3n) is 3.32. The van der Waals surface area contributed by atoms with Crippen LogP contribution in [0.5, 0.6) is 0 Å². The molecule has 1 saturated heterocycles. The minimum absolute atomic E-state index is 0.256. The molecule has 18 heavy (non-hydrogen) atoms. The quantitative estimate of drug-likeness (QED) is 0.855. The first kappa shape index (κ1) is 11.7. The summed E-state index contributed by atoms with van der Waals surface area (Å²) in [5.74, 6) is 0.256. The van der Waals surface area contributed by atoms with Gasteiger partial charge >= 0.3 is 0 Å². The number of fused-ring (bicyclic) bond motifs is 1. The number of aromatic nitrogens is 2. The van der Waals surface area contributed by atoms with E-state index < -0.39 is 0 Å². The maximum Gasteiger partial charge on any atom is 0.222 e. The van der Waals surface area contributed by atoms with E-state index in [0.717, 1.165) is 35.2 Å². The largest absolute Gasteiger partial charge is 0.337 e. The van der Waals surface area contributed by atoms with Crippen molar-refractivity contribution in [1.82, 2.24) is 14.3 Å². The fraction of sp³-hybridized carbons (Fsp3) is 0.385. The van der Waals surface area contributed by atoms with E-state index in [1.54, 1.807) is 0 Å². The van der Waals surface area contributed by atoms with E-state index in [0.29, 0.717) is 13.0 Å². The minimum atomic E-state index is 0.256. The lowest BCUT2D eigenvalue weighted by Gasteiger charge is -2.26. The molecule has 3 heterocycles. The predicted molar refractivity (Wildman–Crippen MR) is 72.2 cm³/mol. The Morgan fingerprint density at radius 3 is 3.06 bits per heavy atom. The normalized spacial score (nSPS) is 16.5. The van der Waals surface area contributed by atoms with Gasteiger partial charge in [0.2, 0.25) is 5.91 Å². The molecule has 0 aromatic carbocycles. The number of hydrogen-bond acceptors (Lipinski definition) is 2. The SMILES string of the molecule is O=C1CCCCN1Cc1cnc2ccc(Br)cn12. The van der Waals surface area contributed by atoms with Crippen LogP contribution in [0.3, 0.4) is 0 Å². The van der Waals surface area contributed by atoms with Crippen molar-refractivity contribution in [3.8, 4) is 0 Å². The summed E-state index contributed by atoms with van der Waals surface area (Å²) in [4.78, 5) is 18.1. The molecule has 0 saturated carbocycles. The van der Waals surface area contributed by atoms with Gasteiger partial charge in [0.05, 0.1) is 18.4 Å². The van der Waals surface area contributed by atoms with Crippen molar-refractivity contribution in [2.75, 3.05) is 6.54 Å². The zero-order valence-corrected chi connectivity index (χ0v) is 11.6. The van der Waals surface area contributed by atoms with Gasteiger partial charge in [-0.05, 0) is 40.9 Å². The van der Waals surface area contributed by atoms with Gasteiger partial charge in [0.25, 0.3) is 0 Å². The zero-order chi connectivity index (χ0) is 12.5. The molecule has 2 aromatic heterocycles. The highest BCUT2D eigenvalue weighted by Gasteiger charge is 2.19. The molecule has 1 amide bonds. The van der Waals surface area contributed by atoms with Crippen LogP contribution >= 0.6 is 15.9 Å². The number of likely N-dealkylation sites (tertiary alicyclic amines) is 1. The molecular weight excluding hydrogens is 294 g/mol. The number of rotatable bonds is 2. The van der Waals surface area contributed by atoms with E-state index in [9.17, 15) is 4.79 Å². The van der Waals surface area contributed by atoms with E-state index in [-0.39, 0.29) is 5.91 Å². The summed E-state index contributed by atoms with van der Waals surface area (Å²) in [6.45, 7) is 1.51. The molecule has 5 heteroatoms. The van der Waals surface area contributed by atoms with Gasteiger partial charge in [-0.3, -0.25) is 4.79 Å². The fourth-order valence-corrected chi connectivity index (χ4v) is 2.68. The first-order valence-electron chi connectivity index (χ1n) is 6.13. The lowest BCUT2D eigenvalue weighted by molar-refractivity contribution is -0.133. The lowest BCUT2D eigenvalue weighted by Crippen LogP contribution is -2.34. The van der Waals surface area contributed by atoms with Gasteiger partial charge in [0.1, 0.15) is 5.65 Å². The van der Waals surface area contributed by atoms with Crippen molar-refractivity contribution in [1.29, 1.82) is 0 Å². The molecule has 2 aromatic rings. The molecule has 0 atom stereocenters. The Morgan fingerprint density at radius 2 is 2.22 bits per heavy atom. The van der Waals surface area contributed by atoms with Crippen LogP contribution in [0, 0.1) is 0 Å². The van der Waals surface area contributed by atoms with E-state index >= 15 is 0 Å². The first-order chi connectivity index (χ1) is 8.74. The Hall–Kier alpha value is -1.36. The van der Waals surface area contributed by atoms with Crippen molar-refractivity contribution in [3.05, 3.63) is 34.7 Å². The van der Waals surface area contributed by atoms with Gasteiger partial charge < -0.3 is 9.30 Å². The highest BCUT2D eigenvalue weighted by Crippen LogP contribution is 2.17. The van der Waals surface area contributed by atoms with Gasteiger partial charge in [0.15, 0.2) is 0 Å². The molecule has 1 aliphatic heterocycles. The molecular formula is C13H14BrN3O. The third-order valence-corrected chi connectivity index (χ3v) is 3.79. The van der Waals surface area contributed by atoms with Crippen molar-refractivity contribution >= 4 is 27.5 Å². The van der Waals surface area contributed by atoms with E-state index in [1.165, 1.54) is 0 Å². The van der Waals surface area contributed by atoms with E-state index in [2.05, 4.69) is 20.9 Å². The number of hydrogen-bond donors (Lipinski definition) is 0. The molecule has 3 rings (SSSR count). The molecule has 0 bridgehead atoms. The topological polar surface area (TPSA) is 37.6 Å². The predicted octanol–water partition coefficient (Wildman–Crippen LogP) is 2.61. The number of pyridine rings is 1. The van der Waals surface area contributed by atoms with Crippen molar-refractivity contribution in [2.45, 2.75) is 25.8 Å². The number of imidazole rings is 1. The third kappa shape index (κ3) is 2.14. The maximum absolute atomic E-state index is 11.8. The van der Waals surface area contributed by atoms with Crippen LogP contribution in [0.25, 0.3) is 5.65 Å². The maximum atomic E-state index is 11.8. The second-order valence-electron chi connectivity index (χ2n) is 4.60. The van der Waals surface area contributed by atoms with E-state index in [4.69, 9.17) is 0 Å².